The summed E-state index contributed by atoms with van der Waals surface area (Å²) >= 11 is 0. The molecule has 0 aliphatic carbocycles. The second-order valence-electron chi connectivity index (χ2n) is 4.70. The summed E-state index contributed by atoms with van der Waals surface area (Å²) in [6.07, 6.45) is 10.3. The largest absolute Gasteiger partial charge is 0.330 e. The molecule has 1 atom stereocenters. The van der Waals surface area contributed by atoms with Crippen LogP contribution >= 0.6 is 0 Å². The number of piperidine rings is 1. The monoisotopic (exact) mass is 221 g/mol. The second kappa shape index (κ2) is 5.48. The topological polar surface area (TPSA) is 29.9 Å². The molecule has 1 aliphatic rings. The van der Waals surface area contributed by atoms with Crippen LogP contribution in [0.2, 0.25) is 0 Å². The fourth-order valence-electron chi connectivity index (χ4n) is 2.68. The molecule has 0 saturated carbocycles. The summed E-state index contributed by atoms with van der Waals surface area (Å²) in [4.78, 5) is 4.34. The van der Waals surface area contributed by atoms with E-state index in [1.54, 1.807) is 0 Å². The Morgan fingerprint density at radius 3 is 2.88 bits per heavy atom. The summed E-state index contributed by atoms with van der Waals surface area (Å²) in [5.74, 6) is 0. The first-order valence-corrected chi connectivity index (χ1v) is 6.61. The van der Waals surface area contributed by atoms with Crippen molar-refractivity contribution in [3.63, 3.8) is 0 Å². The maximum Gasteiger partial charge on any atom is 0.0951 e. The lowest BCUT2D eigenvalue weighted by molar-refractivity contribution is 0.370. The van der Waals surface area contributed by atoms with Crippen molar-refractivity contribution in [1.82, 2.24) is 14.9 Å². The Labute approximate surface area is 98.3 Å². The van der Waals surface area contributed by atoms with Crippen LogP contribution in [0.1, 0.15) is 63.7 Å². The normalized spacial score (nSPS) is 21.6. The van der Waals surface area contributed by atoms with Crippen molar-refractivity contribution >= 4 is 0 Å². The quantitative estimate of drug-likeness (QED) is 0.847. The molecule has 1 N–H and O–H groups in total. The molecule has 16 heavy (non-hydrogen) atoms. The Morgan fingerprint density at radius 2 is 2.25 bits per heavy atom. The van der Waals surface area contributed by atoms with E-state index in [4.69, 9.17) is 0 Å². The van der Waals surface area contributed by atoms with Gasteiger partial charge >= 0.3 is 0 Å². The summed E-state index contributed by atoms with van der Waals surface area (Å²) in [5.41, 5.74) is 1.38. The third-order valence-corrected chi connectivity index (χ3v) is 3.70. The summed E-state index contributed by atoms with van der Waals surface area (Å²) in [6, 6.07) is 1.14. The Balaban J connectivity index is 2.16. The molecule has 0 radical (unpaired) electrons. The number of nitrogens with zero attached hydrogens (tertiary/aromatic N) is 2. The number of nitrogens with one attached hydrogen (secondary N) is 1. The van der Waals surface area contributed by atoms with E-state index in [9.17, 15) is 0 Å². The van der Waals surface area contributed by atoms with Crippen LogP contribution < -0.4 is 5.32 Å². The van der Waals surface area contributed by atoms with Crippen molar-refractivity contribution in [2.45, 2.75) is 58.0 Å². The molecule has 1 unspecified atom stereocenters. The highest BCUT2D eigenvalue weighted by Gasteiger charge is 2.20. The van der Waals surface area contributed by atoms with Gasteiger partial charge in [0.1, 0.15) is 0 Å². The van der Waals surface area contributed by atoms with Gasteiger partial charge in [0.05, 0.1) is 12.0 Å². The maximum absolute atomic E-state index is 4.34. The lowest BCUT2D eigenvalue weighted by Gasteiger charge is -2.27. The molecule has 1 saturated heterocycles. The van der Waals surface area contributed by atoms with Gasteiger partial charge in [0.15, 0.2) is 0 Å². The van der Waals surface area contributed by atoms with E-state index in [2.05, 4.69) is 28.7 Å². The van der Waals surface area contributed by atoms with Crippen LogP contribution in [0.15, 0.2) is 12.5 Å². The molecule has 1 aromatic rings. The molecule has 0 spiro atoms. The van der Waals surface area contributed by atoms with Crippen LogP contribution in [-0.2, 0) is 0 Å². The second-order valence-corrected chi connectivity index (χ2v) is 4.70. The molecular formula is C13H23N3. The number of hydrogen-bond acceptors (Lipinski definition) is 2. The van der Waals surface area contributed by atoms with E-state index in [0.29, 0.717) is 12.1 Å². The molecular weight excluding hydrogens is 198 g/mol. The highest BCUT2D eigenvalue weighted by Crippen LogP contribution is 2.26. The number of imidazole rings is 1. The highest BCUT2D eigenvalue weighted by atomic mass is 15.1. The SMILES string of the molecule is CCC(CC)n1cncc1C1CCCCN1. The van der Waals surface area contributed by atoms with E-state index in [1.165, 1.54) is 37.8 Å². The lowest BCUT2D eigenvalue weighted by Crippen LogP contribution is -2.29. The molecule has 2 heterocycles. The average molecular weight is 221 g/mol. The standard InChI is InChI=1S/C13H23N3/c1-3-11(4-2)16-10-14-9-13(16)12-7-5-6-8-15-12/h9-12,15H,3-8H2,1-2H3. The van der Waals surface area contributed by atoms with Gasteiger partial charge in [0, 0.05) is 18.3 Å². The van der Waals surface area contributed by atoms with Crippen LogP contribution in [0.25, 0.3) is 0 Å². The van der Waals surface area contributed by atoms with E-state index >= 15 is 0 Å². The van der Waals surface area contributed by atoms with Gasteiger partial charge in [-0.3, -0.25) is 0 Å². The first kappa shape index (κ1) is 11.6. The Kier molecular flexibility index (Phi) is 3.99. The molecule has 0 bridgehead atoms. The Morgan fingerprint density at radius 1 is 1.44 bits per heavy atom. The first-order chi connectivity index (χ1) is 7.86. The summed E-state index contributed by atoms with van der Waals surface area (Å²) in [6.45, 7) is 5.66. The Hall–Kier alpha value is -0.830. The van der Waals surface area contributed by atoms with E-state index in [0.717, 1.165) is 6.54 Å². The average Bonchev–Trinajstić information content (AvgIpc) is 2.81. The molecule has 0 aromatic carbocycles. The minimum atomic E-state index is 0.525. The summed E-state index contributed by atoms with van der Waals surface area (Å²) in [7, 11) is 0. The van der Waals surface area contributed by atoms with Crippen molar-refractivity contribution in [2.24, 2.45) is 0 Å². The zero-order chi connectivity index (χ0) is 11.4. The van der Waals surface area contributed by atoms with E-state index in [-0.39, 0.29) is 0 Å². The fraction of sp³-hybridized carbons (Fsp3) is 0.769. The van der Waals surface area contributed by atoms with Crippen molar-refractivity contribution in [3.8, 4) is 0 Å². The van der Waals surface area contributed by atoms with Gasteiger partial charge in [-0.2, -0.15) is 0 Å². The van der Waals surface area contributed by atoms with Crippen molar-refractivity contribution in [3.05, 3.63) is 18.2 Å². The minimum Gasteiger partial charge on any atom is -0.330 e. The van der Waals surface area contributed by atoms with Gasteiger partial charge in [-0.25, -0.2) is 4.98 Å². The predicted octanol–water partition coefficient (Wildman–Crippen LogP) is 3.06. The first-order valence-electron chi connectivity index (χ1n) is 6.61. The van der Waals surface area contributed by atoms with Crippen LogP contribution in [0.5, 0.6) is 0 Å². The van der Waals surface area contributed by atoms with Gasteiger partial charge in [-0.15, -0.1) is 0 Å². The van der Waals surface area contributed by atoms with Crippen molar-refractivity contribution < 1.29 is 0 Å². The Bertz CT molecular complexity index is 309. The number of rotatable bonds is 4. The molecule has 2 rings (SSSR count). The zero-order valence-corrected chi connectivity index (χ0v) is 10.4. The third-order valence-electron chi connectivity index (χ3n) is 3.70. The molecule has 90 valence electrons. The smallest absolute Gasteiger partial charge is 0.0951 e. The van der Waals surface area contributed by atoms with E-state index in [1.807, 2.05) is 12.5 Å². The molecule has 3 heteroatoms. The van der Waals surface area contributed by atoms with Gasteiger partial charge in [-0.05, 0) is 32.2 Å². The van der Waals surface area contributed by atoms with Gasteiger partial charge < -0.3 is 9.88 Å². The molecule has 1 aliphatic heterocycles. The number of hydrogen-bond donors (Lipinski definition) is 1. The van der Waals surface area contributed by atoms with Gasteiger partial charge in [-0.1, -0.05) is 20.3 Å². The molecule has 3 nitrogen and oxygen atoms in total. The fourth-order valence-corrected chi connectivity index (χ4v) is 2.68. The van der Waals surface area contributed by atoms with Gasteiger partial charge in [0.2, 0.25) is 0 Å². The van der Waals surface area contributed by atoms with Crippen LogP contribution in [-0.4, -0.2) is 16.1 Å². The summed E-state index contributed by atoms with van der Waals surface area (Å²) < 4.78 is 2.38. The van der Waals surface area contributed by atoms with Crippen LogP contribution in [0.4, 0.5) is 0 Å². The van der Waals surface area contributed by atoms with Crippen LogP contribution in [0.3, 0.4) is 0 Å². The molecule has 1 fully saturated rings. The number of aromatic nitrogens is 2. The minimum absolute atomic E-state index is 0.525. The van der Waals surface area contributed by atoms with Gasteiger partial charge in [0.25, 0.3) is 0 Å². The summed E-state index contributed by atoms with van der Waals surface area (Å²) in [5, 5.41) is 3.60. The lowest BCUT2D eigenvalue weighted by atomic mass is 10.0. The zero-order valence-electron chi connectivity index (χ0n) is 10.4. The third kappa shape index (κ3) is 2.29. The van der Waals surface area contributed by atoms with E-state index < -0.39 is 0 Å². The highest BCUT2D eigenvalue weighted by molar-refractivity contribution is 5.07. The maximum atomic E-state index is 4.34. The van der Waals surface area contributed by atoms with Crippen LogP contribution in [0, 0.1) is 0 Å². The molecule has 1 aromatic heterocycles. The van der Waals surface area contributed by atoms with Crippen molar-refractivity contribution in [2.75, 3.05) is 6.54 Å². The molecule has 0 amide bonds. The predicted molar refractivity (Wildman–Crippen MR) is 66.4 cm³/mol. The van der Waals surface area contributed by atoms with Crippen molar-refractivity contribution in [1.29, 1.82) is 0 Å².